The van der Waals surface area contributed by atoms with Gasteiger partial charge in [0.15, 0.2) is 0 Å². The Bertz CT molecular complexity index is 789. The molecular weight excluding hydrogens is 352 g/mol. The lowest BCUT2D eigenvalue weighted by molar-refractivity contribution is -0.154. The highest BCUT2D eigenvalue weighted by Gasteiger charge is 2.66. The Kier molecular flexibility index (Phi) is 3.77. The van der Waals surface area contributed by atoms with E-state index >= 15 is 0 Å². The minimum atomic E-state index is -1.09. The Balaban J connectivity index is 1.60. The zero-order valence-electron chi connectivity index (χ0n) is 17.3. The molecule has 0 amide bonds. The van der Waals surface area contributed by atoms with Crippen molar-refractivity contribution in [1.29, 1.82) is 0 Å². The molecule has 4 aliphatic carbocycles. The maximum absolute atomic E-state index is 12.9. The van der Waals surface area contributed by atoms with Crippen LogP contribution in [0.25, 0.3) is 0 Å². The Morgan fingerprint density at radius 2 is 2.11 bits per heavy atom. The van der Waals surface area contributed by atoms with Gasteiger partial charge in [-0.3, -0.25) is 4.79 Å². The second kappa shape index (κ2) is 5.64. The van der Waals surface area contributed by atoms with Crippen LogP contribution in [0.1, 0.15) is 58.8 Å². The zero-order chi connectivity index (χ0) is 19.9. The average Bonchev–Trinajstić information content (AvgIpc) is 3.39. The maximum atomic E-state index is 12.9. The number of hydrogen-bond donors (Lipinski definition) is 1. The van der Waals surface area contributed by atoms with E-state index in [-0.39, 0.29) is 40.2 Å². The molecule has 8 atom stereocenters. The Morgan fingerprint density at radius 1 is 1.36 bits per heavy atom. The third-order valence-corrected chi connectivity index (χ3v) is 9.67. The predicted molar refractivity (Wildman–Crippen MR) is 105 cm³/mol. The van der Waals surface area contributed by atoms with E-state index in [1.807, 2.05) is 0 Å². The molecule has 1 saturated heterocycles. The largest absolute Gasteiger partial charge is 0.469 e. The van der Waals surface area contributed by atoms with Gasteiger partial charge in [0, 0.05) is 5.41 Å². The standard InChI is InChI=1S/C24H32O4/c1-5-24(26)9-7-18-19-16(20(25)27-4)12-15-13-23(14-28-23)11-10-21(15,2)17(19)6-8-22(18,24)3/h1,6,15-16,18-19,26H,7-14H2,2-4H3/t15?,16-,18?,19?,21?,22?,23?,24?/m1/s1. The number of hydrogen-bond acceptors (Lipinski definition) is 4. The molecule has 152 valence electrons. The van der Waals surface area contributed by atoms with E-state index in [1.165, 1.54) is 12.7 Å². The number of allylic oxidation sites excluding steroid dienone is 2. The van der Waals surface area contributed by atoms with Crippen LogP contribution >= 0.6 is 0 Å². The molecule has 28 heavy (non-hydrogen) atoms. The number of carbonyl (C=O) groups is 1. The highest BCUT2D eigenvalue weighted by Crippen LogP contribution is 2.69. The molecule has 0 bridgehead atoms. The molecular formula is C24H32O4. The van der Waals surface area contributed by atoms with Crippen LogP contribution in [0, 0.1) is 46.8 Å². The van der Waals surface area contributed by atoms with Crippen molar-refractivity contribution in [3.05, 3.63) is 11.6 Å². The lowest BCUT2D eigenvalue weighted by Crippen LogP contribution is -2.56. The van der Waals surface area contributed by atoms with Crippen molar-refractivity contribution in [3.63, 3.8) is 0 Å². The van der Waals surface area contributed by atoms with Gasteiger partial charge in [0.1, 0.15) is 5.60 Å². The molecule has 1 aliphatic heterocycles. The molecule has 4 heteroatoms. The highest BCUT2D eigenvalue weighted by atomic mass is 16.6. The second-order valence-electron chi connectivity index (χ2n) is 10.6. The maximum Gasteiger partial charge on any atom is 0.309 e. The van der Waals surface area contributed by atoms with Gasteiger partial charge in [-0.25, -0.2) is 0 Å². The van der Waals surface area contributed by atoms with Crippen molar-refractivity contribution in [1.82, 2.24) is 0 Å². The Hall–Kier alpha value is -1.31. The van der Waals surface area contributed by atoms with Crippen LogP contribution in [0.4, 0.5) is 0 Å². The molecule has 0 aromatic rings. The van der Waals surface area contributed by atoms with Crippen LogP contribution in [0.2, 0.25) is 0 Å². The summed E-state index contributed by atoms with van der Waals surface area (Å²) in [6.07, 6.45) is 14.6. The third-order valence-electron chi connectivity index (χ3n) is 9.67. The van der Waals surface area contributed by atoms with E-state index in [0.29, 0.717) is 12.3 Å². The molecule has 0 aromatic heterocycles. The van der Waals surface area contributed by atoms with E-state index in [2.05, 4.69) is 25.8 Å². The monoisotopic (exact) mass is 384 g/mol. The van der Waals surface area contributed by atoms with Gasteiger partial charge in [-0.2, -0.15) is 0 Å². The summed E-state index contributed by atoms with van der Waals surface area (Å²) in [7, 11) is 1.50. The van der Waals surface area contributed by atoms with Gasteiger partial charge in [-0.15, -0.1) is 6.42 Å². The first-order valence-electron chi connectivity index (χ1n) is 10.8. The summed E-state index contributed by atoms with van der Waals surface area (Å²) in [6.45, 7) is 5.42. The number of esters is 1. The van der Waals surface area contributed by atoms with Crippen molar-refractivity contribution in [3.8, 4) is 12.3 Å². The summed E-state index contributed by atoms with van der Waals surface area (Å²) in [6, 6.07) is 0. The van der Waals surface area contributed by atoms with Crippen molar-refractivity contribution < 1.29 is 19.4 Å². The van der Waals surface area contributed by atoms with E-state index in [0.717, 1.165) is 45.1 Å². The SMILES string of the molecule is C#CC1(O)CCC2C3C(=CCC21C)C1(C)CCC2(CO2)CC1C[C@H]3C(=O)OC. The Morgan fingerprint density at radius 3 is 2.75 bits per heavy atom. The molecule has 5 aliphatic rings. The van der Waals surface area contributed by atoms with Gasteiger partial charge in [-0.05, 0) is 68.1 Å². The summed E-state index contributed by atoms with van der Waals surface area (Å²) in [4.78, 5) is 12.9. The topological polar surface area (TPSA) is 59.1 Å². The van der Waals surface area contributed by atoms with Crippen molar-refractivity contribution in [2.75, 3.05) is 13.7 Å². The normalized spacial score (nSPS) is 54.0. The van der Waals surface area contributed by atoms with Crippen LogP contribution in [-0.2, 0) is 14.3 Å². The number of epoxide rings is 1. The lowest BCUT2D eigenvalue weighted by Gasteiger charge is -2.59. The molecule has 1 heterocycles. The number of terminal acetylenes is 1. The Labute approximate surface area is 168 Å². The van der Waals surface area contributed by atoms with Gasteiger partial charge < -0.3 is 14.6 Å². The fourth-order valence-corrected chi connectivity index (χ4v) is 7.60. The molecule has 5 rings (SSSR count). The molecule has 3 saturated carbocycles. The fourth-order valence-electron chi connectivity index (χ4n) is 7.60. The van der Waals surface area contributed by atoms with Crippen LogP contribution < -0.4 is 0 Å². The average molecular weight is 385 g/mol. The van der Waals surface area contributed by atoms with Gasteiger partial charge in [-0.1, -0.05) is 31.4 Å². The van der Waals surface area contributed by atoms with E-state index in [1.54, 1.807) is 0 Å². The van der Waals surface area contributed by atoms with Crippen LogP contribution in [0.3, 0.4) is 0 Å². The number of methoxy groups -OCH3 is 1. The van der Waals surface area contributed by atoms with Gasteiger partial charge in [0.25, 0.3) is 0 Å². The highest BCUT2D eigenvalue weighted by molar-refractivity contribution is 5.74. The minimum Gasteiger partial charge on any atom is -0.469 e. The molecule has 1 N–H and O–H groups in total. The summed E-state index contributed by atoms with van der Waals surface area (Å²) in [5.41, 5.74) is 0.180. The van der Waals surface area contributed by atoms with Gasteiger partial charge in [0.2, 0.25) is 0 Å². The van der Waals surface area contributed by atoms with E-state index < -0.39 is 5.60 Å². The van der Waals surface area contributed by atoms with Gasteiger partial charge >= 0.3 is 5.97 Å². The van der Waals surface area contributed by atoms with Crippen molar-refractivity contribution in [2.45, 2.75) is 70.0 Å². The first kappa shape index (κ1) is 18.7. The lowest BCUT2D eigenvalue weighted by atomic mass is 9.45. The number of carbonyl (C=O) groups excluding carboxylic acids is 1. The summed E-state index contributed by atoms with van der Waals surface area (Å²) in [5.74, 6) is 3.27. The first-order chi connectivity index (χ1) is 13.2. The first-order valence-corrected chi connectivity index (χ1v) is 10.8. The minimum absolute atomic E-state index is 0.0818. The summed E-state index contributed by atoms with van der Waals surface area (Å²) < 4.78 is 11.1. The fraction of sp³-hybridized carbons (Fsp3) is 0.792. The van der Waals surface area contributed by atoms with E-state index in [4.69, 9.17) is 15.9 Å². The third kappa shape index (κ3) is 2.18. The summed E-state index contributed by atoms with van der Waals surface area (Å²) in [5, 5.41) is 11.2. The molecule has 7 unspecified atom stereocenters. The molecule has 0 radical (unpaired) electrons. The van der Waals surface area contributed by atoms with Crippen molar-refractivity contribution in [2.24, 2.45) is 34.5 Å². The van der Waals surface area contributed by atoms with Gasteiger partial charge in [0.05, 0.1) is 25.2 Å². The zero-order valence-corrected chi connectivity index (χ0v) is 17.3. The quantitative estimate of drug-likeness (QED) is 0.325. The van der Waals surface area contributed by atoms with Crippen molar-refractivity contribution >= 4 is 5.97 Å². The summed E-state index contributed by atoms with van der Waals surface area (Å²) >= 11 is 0. The number of aliphatic hydroxyl groups is 1. The second-order valence-corrected chi connectivity index (χ2v) is 10.6. The smallest absolute Gasteiger partial charge is 0.309 e. The van der Waals surface area contributed by atoms with E-state index in [9.17, 15) is 9.90 Å². The predicted octanol–water partition coefficient (Wildman–Crippen LogP) is 3.48. The van der Waals surface area contributed by atoms with Crippen LogP contribution in [0.5, 0.6) is 0 Å². The number of rotatable bonds is 1. The molecule has 4 fully saturated rings. The van der Waals surface area contributed by atoms with Crippen LogP contribution in [-0.4, -0.2) is 36.0 Å². The molecule has 0 aromatic carbocycles. The number of ether oxygens (including phenoxy) is 2. The molecule has 4 nitrogen and oxygen atoms in total. The number of fused-ring (bicyclic) bond motifs is 5. The molecule has 1 spiro atoms. The van der Waals surface area contributed by atoms with Crippen LogP contribution in [0.15, 0.2) is 11.6 Å².